The minimum Gasteiger partial charge on any atom is -0.489 e. The number of benzene rings is 2. The highest BCUT2D eigenvalue weighted by atomic mass is 35.5. The fraction of sp³-hybridized carbons (Fsp3) is 0.133. The second kappa shape index (κ2) is 5.43. The molecule has 0 bridgehead atoms. The van der Waals surface area contributed by atoms with E-state index in [9.17, 15) is 0 Å². The van der Waals surface area contributed by atoms with Crippen molar-refractivity contribution in [1.82, 2.24) is 0 Å². The third kappa shape index (κ3) is 2.42. The zero-order valence-corrected chi connectivity index (χ0v) is 11.3. The fourth-order valence-electron chi connectivity index (χ4n) is 2.03. The van der Waals surface area contributed by atoms with Gasteiger partial charge in [-0.25, -0.2) is 0 Å². The van der Waals surface area contributed by atoms with Crippen LogP contribution in [-0.2, 0) is 6.61 Å². The smallest absolute Gasteiger partial charge is 0.134 e. The maximum absolute atomic E-state index is 8.83. The number of nitrogens with zero attached hydrogens (tertiary/aromatic N) is 1. The Kier molecular flexibility index (Phi) is 3.48. The zero-order valence-electron chi connectivity index (χ0n) is 10.5. The molecule has 0 aromatic heterocycles. The lowest BCUT2D eigenvalue weighted by Gasteiger charge is -2.08. The molecule has 0 amide bonds. The standard InChI is InChI=1S/C15H12ClNO3/c16-13-4-2-1-3-10(13)8-19-11-5-6-12-14(17-18)9-20-15(12)7-11/h1-7,18H,8-9H2. The highest BCUT2D eigenvalue weighted by Gasteiger charge is 2.20. The van der Waals surface area contributed by atoms with Gasteiger partial charge in [0.25, 0.3) is 0 Å². The van der Waals surface area contributed by atoms with Gasteiger partial charge in [-0.3, -0.25) is 0 Å². The first kappa shape index (κ1) is 12.8. The van der Waals surface area contributed by atoms with E-state index in [1.54, 1.807) is 6.07 Å². The van der Waals surface area contributed by atoms with Crippen molar-refractivity contribution in [3.05, 3.63) is 58.6 Å². The van der Waals surface area contributed by atoms with Gasteiger partial charge < -0.3 is 14.7 Å². The average molecular weight is 290 g/mol. The third-order valence-corrected chi connectivity index (χ3v) is 3.47. The molecule has 1 N–H and O–H groups in total. The number of oxime groups is 1. The lowest BCUT2D eigenvalue weighted by Crippen LogP contribution is -2.01. The first-order valence-corrected chi connectivity index (χ1v) is 6.50. The van der Waals surface area contributed by atoms with Crippen LogP contribution in [0.1, 0.15) is 11.1 Å². The Bertz CT molecular complexity index is 670. The van der Waals surface area contributed by atoms with Crippen molar-refractivity contribution in [3.63, 3.8) is 0 Å². The van der Waals surface area contributed by atoms with Crippen LogP contribution in [0.15, 0.2) is 47.6 Å². The highest BCUT2D eigenvalue weighted by Crippen LogP contribution is 2.30. The van der Waals surface area contributed by atoms with Gasteiger partial charge >= 0.3 is 0 Å². The third-order valence-electron chi connectivity index (χ3n) is 3.10. The van der Waals surface area contributed by atoms with Crippen molar-refractivity contribution in [2.45, 2.75) is 6.61 Å². The number of hydrogen-bond acceptors (Lipinski definition) is 4. The Labute approximate surface area is 121 Å². The van der Waals surface area contributed by atoms with Crippen molar-refractivity contribution in [2.24, 2.45) is 5.16 Å². The van der Waals surface area contributed by atoms with Crippen LogP contribution in [0.5, 0.6) is 11.5 Å². The van der Waals surface area contributed by atoms with E-state index in [-0.39, 0.29) is 6.61 Å². The molecular formula is C15H12ClNO3. The Hall–Kier alpha value is -2.20. The quantitative estimate of drug-likeness (QED) is 0.695. The van der Waals surface area contributed by atoms with Crippen LogP contribution in [0.25, 0.3) is 0 Å². The molecule has 0 saturated heterocycles. The van der Waals surface area contributed by atoms with Gasteiger partial charge in [-0.1, -0.05) is 35.0 Å². The first-order chi connectivity index (χ1) is 9.78. The largest absolute Gasteiger partial charge is 0.489 e. The van der Waals surface area contributed by atoms with Crippen LogP contribution in [-0.4, -0.2) is 17.5 Å². The van der Waals surface area contributed by atoms with Crippen LogP contribution in [0.4, 0.5) is 0 Å². The second-order valence-corrected chi connectivity index (χ2v) is 4.78. The van der Waals surface area contributed by atoms with Crippen LogP contribution in [0.3, 0.4) is 0 Å². The highest BCUT2D eigenvalue weighted by molar-refractivity contribution is 6.31. The van der Waals surface area contributed by atoms with E-state index in [0.29, 0.717) is 28.8 Å². The van der Waals surface area contributed by atoms with Crippen molar-refractivity contribution >= 4 is 17.3 Å². The lowest BCUT2D eigenvalue weighted by atomic mass is 10.1. The minimum atomic E-state index is 0.278. The normalized spacial score (nSPS) is 14.9. The molecule has 20 heavy (non-hydrogen) atoms. The molecule has 4 nitrogen and oxygen atoms in total. The van der Waals surface area contributed by atoms with E-state index in [1.807, 2.05) is 36.4 Å². The molecule has 0 atom stereocenters. The first-order valence-electron chi connectivity index (χ1n) is 6.12. The Morgan fingerprint density at radius 2 is 2.10 bits per heavy atom. The van der Waals surface area contributed by atoms with Crippen molar-refractivity contribution in [1.29, 1.82) is 0 Å². The molecule has 2 aromatic carbocycles. The maximum Gasteiger partial charge on any atom is 0.134 e. The van der Waals surface area contributed by atoms with Crippen molar-refractivity contribution < 1.29 is 14.7 Å². The fourth-order valence-corrected chi connectivity index (χ4v) is 2.22. The molecule has 0 radical (unpaired) electrons. The molecule has 0 aliphatic carbocycles. The van der Waals surface area contributed by atoms with Crippen LogP contribution in [0, 0.1) is 0 Å². The molecule has 3 rings (SSSR count). The molecule has 2 aromatic rings. The number of fused-ring (bicyclic) bond motifs is 1. The van der Waals surface area contributed by atoms with E-state index in [1.165, 1.54) is 0 Å². The lowest BCUT2D eigenvalue weighted by molar-refractivity contribution is 0.303. The molecular weight excluding hydrogens is 278 g/mol. The summed E-state index contributed by atoms with van der Waals surface area (Å²) in [5, 5.41) is 12.7. The molecule has 102 valence electrons. The summed E-state index contributed by atoms with van der Waals surface area (Å²) >= 11 is 6.07. The molecule has 1 aliphatic heterocycles. The SMILES string of the molecule is ON=C1COc2cc(OCc3ccccc3Cl)ccc21. The summed E-state index contributed by atoms with van der Waals surface area (Å²) in [6.45, 7) is 0.666. The summed E-state index contributed by atoms with van der Waals surface area (Å²) in [6.07, 6.45) is 0. The topological polar surface area (TPSA) is 51.1 Å². The monoisotopic (exact) mass is 289 g/mol. The predicted molar refractivity (Wildman–Crippen MR) is 76.0 cm³/mol. The number of hydrogen-bond donors (Lipinski definition) is 1. The Morgan fingerprint density at radius 1 is 1.25 bits per heavy atom. The summed E-state index contributed by atoms with van der Waals surface area (Å²) in [7, 11) is 0. The molecule has 1 aliphatic rings. The van der Waals surface area contributed by atoms with Gasteiger partial charge in [-0.15, -0.1) is 0 Å². The molecule has 5 heteroatoms. The Morgan fingerprint density at radius 3 is 2.90 bits per heavy atom. The van der Waals surface area contributed by atoms with E-state index < -0.39 is 0 Å². The summed E-state index contributed by atoms with van der Waals surface area (Å²) in [4.78, 5) is 0. The number of halogens is 1. The molecule has 0 saturated carbocycles. The minimum absolute atomic E-state index is 0.278. The van der Waals surface area contributed by atoms with E-state index in [4.69, 9.17) is 26.3 Å². The molecule has 1 heterocycles. The number of ether oxygens (including phenoxy) is 2. The van der Waals surface area contributed by atoms with Gasteiger partial charge in [0.2, 0.25) is 0 Å². The zero-order chi connectivity index (χ0) is 13.9. The van der Waals surface area contributed by atoms with E-state index in [2.05, 4.69) is 5.16 Å². The molecule has 0 spiro atoms. The van der Waals surface area contributed by atoms with Crippen molar-refractivity contribution in [3.8, 4) is 11.5 Å². The van der Waals surface area contributed by atoms with Gasteiger partial charge in [0.15, 0.2) is 0 Å². The maximum atomic E-state index is 8.83. The van der Waals surface area contributed by atoms with Crippen molar-refractivity contribution in [2.75, 3.05) is 6.61 Å². The predicted octanol–water partition coefficient (Wildman–Crippen LogP) is 3.49. The average Bonchev–Trinajstić information content (AvgIpc) is 2.88. The van der Waals surface area contributed by atoms with E-state index in [0.717, 1.165) is 11.1 Å². The van der Waals surface area contributed by atoms with Crippen LogP contribution in [0.2, 0.25) is 5.02 Å². The summed E-state index contributed by atoms with van der Waals surface area (Å²) in [5.41, 5.74) is 2.24. The number of rotatable bonds is 3. The molecule has 0 fully saturated rings. The summed E-state index contributed by atoms with van der Waals surface area (Å²) in [5.74, 6) is 1.34. The van der Waals surface area contributed by atoms with Crippen LogP contribution < -0.4 is 9.47 Å². The second-order valence-electron chi connectivity index (χ2n) is 4.37. The Balaban J connectivity index is 1.75. The van der Waals surface area contributed by atoms with Gasteiger partial charge in [0, 0.05) is 22.2 Å². The van der Waals surface area contributed by atoms with Crippen LogP contribution >= 0.6 is 11.6 Å². The van der Waals surface area contributed by atoms with Gasteiger partial charge in [0.1, 0.15) is 30.4 Å². The summed E-state index contributed by atoms with van der Waals surface area (Å²) < 4.78 is 11.1. The molecule has 0 unspecified atom stereocenters. The van der Waals surface area contributed by atoms with Gasteiger partial charge in [-0.2, -0.15) is 0 Å². The van der Waals surface area contributed by atoms with Gasteiger partial charge in [0.05, 0.1) is 0 Å². The van der Waals surface area contributed by atoms with Gasteiger partial charge in [-0.05, 0) is 18.2 Å². The summed E-state index contributed by atoms with van der Waals surface area (Å²) in [6, 6.07) is 13.0. The van der Waals surface area contributed by atoms with E-state index >= 15 is 0 Å².